The quantitative estimate of drug-likeness (QED) is 0.623. The van der Waals surface area contributed by atoms with Gasteiger partial charge in [-0.05, 0) is 55.4 Å². The van der Waals surface area contributed by atoms with Crippen molar-refractivity contribution in [1.29, 1.82) is 0 Å². The van der Waals surface area contributed by atoms with Crippen LogP contribution in [0.25, 0.3) is 11.1 Å². The van der Waals surface area contributed by atoms with Gasteiger partial charge in [0.15, 0.2) is 0 Å². The van der Waals surface area contributed by atoms with Crippen LogP contribution in [0.15, 0.2) is 42.5 Å². The van der Waals surface area contributed by atoms with Gasteiger partial charge < -0.3 is 4.90 Å². The molecule has 0 spiro atoms. The molecule has 0 aromatic heterocycles. The Bertz CT molecular complexity index is 1180. The minimum atomic E-state index is -3.63. The second-order valence-corrected chi connectivity index (χ2v) is 10.8. The Balaban J connectivity index is 1.76. The molecule has 2 atom stereocenters. The van der Waals surface area contributed by atoms with E-state index in [2.05, 4.69) is 4.72 Å². The largest absolute Gasteiger partial charge is 0.328 e. The standard InChI is InChI=1S/C24H26F2N2O4S/c1-3-33(31,32)27-23-17-10-19(11-17)28(24(30)14(2)29)21(23)12-16-9-18(25)13-20(22(16)26)15-7-5-4-6-8-15/h4-9,13,17,19,21,23,27H,3,10-12H2,1-2H3. The van der Waals surface area contributed by atoms with E-state index in [9.17, 15) is 22.4 Å². The molecule has 2 saturated heterocycles. The first-order chi connectivity index (χ1) is 15.6. The molecule has 1 aliphatic carbocycles. The fourth-order valence-electron chi connectivity index (χ4n) is 4.94. The number of piperidine rings is 2. The highest BCUT2D eigenvalue weighted by molar-refractivity contribution is 7.89. The maximum absolute atomic E-state index is 15.5. The average Bonchev–Trinajstić information content (AvgIpc) is 2.75. The van der Waals surface area contributed by atoms with E-state index in [4.69, 9.17) is 0 Å². The van der Waals surface area contributed by atoms with Gasteiger partial charge in [0.25, 0.3) is 5.91 Å². The van der Waals surface area contributed by atoms with Crippen LogP contribution in [0.3, 0.4) is 0 Å². The van der Waals surface area contributed by atoms with E-state index in [1.165, 1.54) is 11.8 Å². The van der Waals surface area contributed by atoms with E-state index >= 15 is 4.39 Å². The molecule has 0 radical (unpaired) electrons. The molecule has 3 aliphatic rings. The van der Waals surface area contributed by atoms with Gasteiger partial charge in [-0.1, -0.05) is 30.3 Å². The summed E-state index contributed by atoms with van der Waals surface area (Å²) in [7, 11) is -3.63. The third kappa shape index (κ3) is 4.56. The first kappa shape index (κ1) is 23.5. The molecule has 6 nitrogen and oxygen atoms in total. The Kier molecular flexibility index (Phi) is 6.37. The Morgan fingerprint density at radius 1 is 1.12 bits per heavy atom. The number of amides is 1. The minimum absolute atomic E-state index is 0.0298. The molecule has 33 heavy (non-hydrogen) atoms. The highest BCUT2D eigenvalue weighted by Gasteiger charge is 2.53. The lowest BCUT2D eigenvalue weighted by Crippen LogP contribution is -2.71. The molecule has 3 fully saturated rings. The Hall–Kier alpha value is -2.65. The van der Waals surface area contributed by atoms with Crippen LogP contribution < -0.4 is 4.72 Å². The van der Waals surface area contributed by atoms with Gasteiger partial charge in [-0.3, -0.25) is 9.59 Å². The lowest BCUT2D eigenvalue weighted by molar-refractivity contribution is -0.156. The lowest BCUT2D eigenvalue weighted by atomic mass is 9.66. The van der Waals surface area contributed by atoms with Crippen molar-refractivity contribution >= 4 is 21.7 Å². The third-order valence-electron chi connectivity index (χ3n) is 6.68. The molecule has 2 aromatic rings. The van der Waals surface area contributed by atoms with E-state index in [0.717, 1.165) is 19.1 Å². The summed E-state index contributed by atoms with van der Waals surface area (Å²) >= 11 is 0. The summed E-state index contributed by atoms with van der Waals surface area (Å²) in [5, 5.41) is 0. The molecular formula is C24H26F2N2O4S. The molecule has 2 heterocycles. The predicted molar refractivity (Wildman–Crippen MR) is 120 cm³/mol. The van der Waals surface area contributed by atoms with Crippen molar-refractivity contribution in [2.24, 2.45) is 5.92 Å². The van der Waals surface area contributed by atoms with Crippen molar-refractivity contribution in [3.05, 3.63) is 59.7 Å². The second-order valence-electron chi connectivity index (χ2n) is 8.76. The summed E-state index contributed by atoms with van der Waals surface area (Å²) in [6.07, 6.45) is 1.01. The second kappa shape index (κ2) is 8.95. The molecular weight excluding hydrogens is 450 g/mol. The van der Waals surface area contributed by atoms with Crippen molar-refractivity contribution in [1.82, 2.24) is 9.62 Å². The molecule has 1 N–H and O–H groups in total. The molecule has 1 saturated carbocycles. The van der Waals surface area contributed by atoms with Gasteiger partial charge in [0.05, 0.1) is 11.8 Å². The van der Waals surface area contributed by atoms with E-state index in [1.807, 2.05) is 0 Å². The third-order valence-corrected chi connectivity index (χ3v) is 8.07. The maximum atomic E-state index is 15.5. The monoisotopic (exact) mass is 476 g/mol. The number of nitrogens with zero attached hydrogens (tertiary/aromatic N) is 1. The number of ketones is 1. The highest BCUT2D eigenvalue weighted by Crippen LogP contribution is 2.44. The van der Waals surface area contributed by atoms with E-state index in [-0.39, 0.29) is 35.3 Å². The lowest BCUT2D eigenvalue weighted by Gasteiger charge is -2.57. The van der Waals surface area contributed by atoms with Gasteiger partial charge in [-0.25, -0.2) is 21.9 Å². The molecule has 2 aliphatic heterocycles. The number of carbonyl (C=O) groups is 2. The summed E-state index contributed by atoms with van der Waals surface area (Å²) < 4.78 is 57.5. The SMILES string of the molecule is CCS(=O)(=O)NC1C2CC(C2)N(C(=O)C(C)=O)C1Cc1cc(F)cc(-c2ccccc2)c1F. The number of halogens is 2. The highest BCUT2D eigenvalue weighted by atomic mass is 32.2. The summed E-state index contributed by atoms with van der Waals surface area (Å²) in [5.74, 6) is -2.87. The van der Waals surface area contributed by atoms with Crippen molar-refractivity contribution in [3.8, 4) is 11.1 Å². The minimum Gasteiger partial charge on any atom is -0.328 e. The zero-order chi connectivity index (χ0) is 23.9. The fraction of sp³-hybridized carbons (Fsp3) is 0.417. The van der Waals surface area contributed by atoms with Gasteiger partial charge >= 0.3 is 0 Å². The number of fused-ring (bicyclic) bond motifs is 2. The smallest absolute Gasteiger partial charge is 0.290 e. The summed E-state index contributed by atoms with van der Waals surface area (Å²) in [6, 6.07) is 9.02. The number of nitrogens with one attached hydrogen (secondary N) is 1. The van der Waals surface area contributed by atoms with E-state index in [1.54, 1.807) is 30.3 Å². The Labute approximate surface area is 192 Å². The van der Waals surface area contributed by atoms with Crippen LogP contribution in [0.2, 0.25) is 0 Å². The van der Waals surface area contributed by atoms with Crippen molar-refractivity contribution in [2.75, 3.05) is 5.75 Å². The van der Waals surface area contributed by atoms with Crippen LogP contribution in [0.1, 0.15) is 32.3 Å². The van der Waals surface area contributed by atoms with Gasteiger partial charge in [0, 0.05) is 24.6 Å². The van der Waals surface area contributed by atoms with Crippen LogP contribution in [0, 0.1) is 17.6 Å². The number of hydrogen-bond donors (Lipinski definition) is 1. The predicted octanol–water partition coefficient (Wildman–Crippen LogP) is 3.06. The number of sulfonamides is 1. The molecule has 176 valence electrons. The number of Topliss-reactive ketones (excluding diaryl/α,β-unsaturated/α-hetero) is 1. The van der Waals surface area contributed by atoms with Gasteiger partial charge in [0.2, 0.25) is 15.8 Å². The number of benzene rings is 2. The van der Waals surface area contributed by atoms with Crippen LogP contribution in [-0.2, 0) is 26.0 Å². The number of hydrogen-bond acceptors (Lipinski definition) is 4. The molecule has 9 heteroatoms. The molecule has 2 aromatic carbocycles. The van der Waals surface area contributed by atoms with Gasteiger partial charge in [-0.2, -0.15) is 0 Å². The van der Waals surface area contributed by atoms with E-state index in [0.29, 0.717) is 18.4 Å². The number of carbonyl (C=O) groups excluding carboxylic acids is 2. The summed E-state index contributed by atoms with van der Waals surface area (Å²) in [5.41, 5.74) is 0.617. The molecule has 2 bridgehead atoms. The van der Waals surface area contributed by atoms with Crippen LogP contribution in [0.5, 0.6) is 0 Å². The summed E-state index contributed by atoms with van der Waals surface area (Å²) in [6.45, 7) is 2.66. The van der Waals surface area contributed by atoms with E-state index < -0.39 is 45.4 Å². The zero-order valence-electron chi connectivity index (χ0n) is 18.4. The molecule has 5 rings (SSSR count). The topological polar surface area (TPSA) is 83.6 Å². The number of rotatable bonds is 7. The Morgan fingerprint density at radius 3 is 2.39 bits per heavy atom. The van der Waals surface area contributed by atoms with Gasteiger partial charge in [0.1, 0.15) is 11.6 Å². The Morgan fingerprint density at radius 2 is 1.79 bits per heavy atom. The van der Waals surface area contributed by atoms with Crippen LogP contribution in [0.4, 0.5) is 8.78 Å². The summed E-state index contributed by atoms with van der Waals surface area (Å²) in [4.78, 5) is 26.1. The molecule has 1 amide bonds. The van der Waals surface area contributed by atoms with Crippen LogP contribution in [-0.4, -0.2) is 48.9 Å². The average molecular weight is 477 g/mol. The van der Waals surface area contributed by atoms with Crippen molar-refractivity contribution in [2.45, 2.75) is 51.2 Å². The fourth-order valence-corrected chi connectivity index (χ4v) is 5.88. The maximum Gasteiger partial charge on any atom is 0.290 e. The van der Waals surface area contributed by atoms with Crippen LogP contribution >= 0.6 is 0 Å². The van der Waals surface area contributed by atoms with Crippen molar-refractivity contribution in [3.63, 3.8) is 0 Å². The first-order valence-electron chi connectivity index (χ1n) is 11.0. The van der Waals surface area contributed by atoms with Crippen molar-refractivity contribution < 1.29 is 26.8 Å². The zero-order valence-corrected chi connectivity index (χ0v) is 19.2. The normalized spacial score (nSPS) is 24.3. The molecule has 2 unspecified atom stereocenters. The van der Waals surface area contributed by atoms with Gasteiger partial charge in [-0.15, -0.1) is 0 Å². The first-order valence-corrected chi connectivity index (χ1v) is 12.6.